The van der Waals surface area contributed by atoms with Crippen LogP contribution in [-0.2, 0) is 11.2 Å². The Bertz CT molecular complexity index is 506. The molecule has 2 atom stereocenters. The molecule has 2 rings (SSSR count). The summed E-state index contributed by atoms with van der Waals surface area (Å²) < 4.78 is 5.67. The van der Waals surface area contributed by atoms with Crippen molar-refractivity contribution in [3.63, 3.8) is 0 Å². The largest absolute Gasteiger partial charge is 0.372 e. The van der Waals surface area contributed by atoms with E-state index in [2.05, 4.69) is 31.3 Å². The average molecular weight is 304 g/mol. The van der Waals surface area contributed by atoms with Crippen LogP contribution in [0.5, 0.6) is 0 Å². The molecule has 0 bridgehead atoms. The second-order valence-electron chi connectivity index (χ2n) is 6.35. The number of ether oxygens (including phenoxy) is 1. The number of rotatable bonds is 4. The zero-order valence-electron chi connectivity index (χ0n) is 14.2. The van der Waals surface area contributed by atoms with Crippen LogP contribution < -0.4 is 5.32 Å². The minimum Gasteiger partial charge on any atom is -0.372 e. The smallest absolute Gasteiger partial charge is 0.322 e. The second-order valence-corrected chi connectivity index (χ2v) is 6.35. The number of amides is 2. The Morgan fingerprint density at radius 1 is 1.32 bits per heavy atom. The number of nitrogens with one attached hydrogen (secondary N) is 1. The molecule has 0 aliphatic carbocycles. The molecule has 122 valence electrons. The molecule has 0 aromatic heterocycles. The van der Waals surface area contributed by atoms with Crippen LogP contribution in [0.25, 0.3) is 0 Å². The summed E-state index contributed by atoms with van der Waals surface area (Å²) in [6.45, 7) is 9.54. The van der Waals surface area contributed by atoms with Crippen molar-refractivity contribution in [1.29, 1.82) is 0 Å². The highest BCUT2D eigenvalue weighted by atomic mass is 16.5. The quantitative estimate of drug-likeness (QED) is 0.914. The fraction of sp³-hybridized carbons (Fsp3) is 0.611. The van der Waals surface area contributed by atoms with Crippen LogP contribution in [0.1, 0.15) is 44.7 Å². The minimum atomic E-state index is -0.0357. The van der Waals surface area contributed by atoms with Gasteiger partial charge in [-0.3, -0.25) is 0 Å². The van der Waals surface area contributed by atoms with E-state index in [4.69, 9.17) is 4.74 Å². The number of aryl methyl sites for hydroxylation is 2. The minimum absolute atomic E-state index is 0.0357. The topological polar surface area (TPSA) is 41.6 Å². The van der Waals surface area contributed by atoms with E-state index in [0.717, 1.165) is 17.7 Å². The van der Waals surface area contributed by atoms with Gasteiger partial charge in [-0.15, -0.1) is 0 Å². The molecule has 1 N–H and O–H groups in total. The maximum absolute atomic E-state index is 12.4. The summed E-state index contributed by atoms with van der Waals surface area (Å²) in [5.74, 6) is 0. The van der Waals surface area contributed by atoms with Gasteiger partial charge in [0, 0.05) is 18.8 Å². The first-order valence-corrected chi connectivity index (χ1v) is 8.30. The van der Waals surface area contributed by atoms with Crippen LogP contribution in [0.3, 0.4) is 0 Å². The van der Waals surface area contributed by atoms with Crippen LogP contribution in [0, 0.1) is 6.92 Å². The van der Waals surface area contributed by atoms with Gasteiger partial charge in [0.1, 0.15) is 0 Å². The van der Waals surface area contributed by atoms with Gasteiger partial charge in [0.2, 0.25) is 0 Å². The maximum Gasteiger partial charge on any atom is 0.322 e. The highest BCUT2D eigenvalue weighted by Gasteiger charge is 2.26. The molecule has 22 heavy (non-hydrogen) atoms. The van der Waals surface area contributed by atoms with Crippen molar-refractivity contribution in [1.82, 2.24) is 4.90 Å². The molecule has 1 saturated heterocycles. The van der Waals surface area contributed by atoms with Crippen LogP contribution in [0.15, 0.2) is 18.2 Å². The predicted molar refractivity (Wildman–Crippen MR) is 90.4 cm³/mol. The molecule has 2 unspecified atom stereocenters. The average Bonchev–Trinajstić information content (AvgIpc) is 2.46. The zero-order valence-corrected chi connectivity index (χ0v) is 14.2. The second kappa shape index (κ2) is 7.63. The Morgan fingerprint density at radius 3 is 2.59 bits per heavy atom. The molecule has 0 saturated carbocycles. The van der Waals surface area contributed by atoms with Crippen molar-refractivity contribution < 1.29 is 9.53 Å². The monoisotopic (exact) mass is 304 g/mol. The van der Waals surface area contributed by atoms with E-state index < -0.39 is 0 Å². The summed E-state index contributed by atoms with van der Waals surface area (Å²) >= 11 is 0. The lowest BCUT2D eigenvalue weighted by Gasteiger charge is -2.35. The zero-order chi connectivity index (χ0) is 16.1. The molecule has 1 heterocycles. The lowest BCUT2D eigenvalue weighted by Crippen LogP contribution is -2.49. The molecule has 1 fully saturated rings. The van der Waals surface area contributed by atoms with Crippen molar-refractivity contribution >= 4 is 11.7 Å². The SMILES string of the molecule is CCCCc1ccc(NC(=O)N2CC(C)OC(C)C2)c(C)c1. The number of carbonyl (C=O) groups is 1. The third-order valence-electron chi connectivity index (χ3n) is 4.06. The Kier molecular flexibility index (Phi) is 5.83. The summed E-state index contributed by atoms with van der Waals surface area (Å²) in [4.78, 5) is 14.3. The van der Waals surface area contributed by atoms with Crippen LogP contribution in [0.2, 0.25) is 0 Å². The van der Waals surface area contributed by atoms with Crippen molar-refractivity contribution in [3.8, 4) is 0 Å². The Morgan fingerprint density at radius 2 is 2.00 bits per heavy atom. The molecule has 1 aromatic rings. The van der Waals surface area contributed by atoms with E-state index in [1.165, 1.54) is 18.4 Å². The molecule has 1 aromatic carbocycles. The molecule has 1 aliphatic heterocycles. The number of nitrogens with zero attached hydrogens (tertiary/aromatic N) is 1. The molecule has 4 heteroatoms. The lowest BCUT2D eigenvalue weighted by molar-refractivity contribution is -0.0530. The fourth-order valence-electron chi connectivity index (χ4n) is 2.94. The van der Waals surface area contributed by atoms with Gasteiger partial charge in [-0.25, -0.2) is 4.79 Å². The van der Waals surface area contributed by atoms with Crippen LogP contribution in [-0.4, -0.2) is 36.2 Å². The molecule has 1 aliphatic rings. The summed E-state index contributed by atoms with van der Waals surface area (Å²) in [6.07, 6.45) is 3.68. The third kappa shape index (κ3) is 4.47. The number of benzene rings is 1. The summed E-state index contributed by atoms with van der Waals surface area (Å²) in [6, 6.07) is 6.27. The number of anilines is 1. The van der Waals surface area contributed by atoms with Gasteiger partial charge in [-0.05, 0) is 50.8 Å². The fourth-order valence-corrected chi connectivity index (χ4v) is 2.94. The molecular weight excluding hydrogens is 276 g/mol. The van der Waals surface area contributed by atoms with E-state index in [9.17, 15) is 4.79 Å². The molecule has 4 nitrogen and oxygen atoms in total. The molecular formula is C18H28N2O2. The van der Waals surface area contributed by atoms with Gasteiger partial charge in [-0.1, -0.05) is 25.5 Å². The number of hydrogen-bond acceptors (Lipinski definition) is 2. The van der Waals surface area contributed by atoms with Crippen LogP contribution in [0.4, 0.5) is 10.5 Å². The Labute approximate surface area is 133 Å². The number of unbranched alkanes of at least 4 members (excludes halogenated alkanes) is 1. The third-order valence-corrected chi connectivity index (χ3v) is 4.06. The van der Waals surface area contributed by atoms with Gasteiger partial charge in [0.25, 0.3) is 0 Å². The normalized spacial score (nSPS) is 21.7. The van der Waals surface area contributed by atoms with E-state index in [1.807, 2.05) is 24.8 Å². The standard InChI is InChI=1S/C18H28N2O2/c1-5-6-7-16-8-9-17(13(2)10-16)19-18(21)20-11-14(3)22-15(4)12-20/h8-10,14-15H,5-7,11-12H2,1-4H3,(H,19,21). The van der Waals surface area contributed by atoms with Crippen molar-refractivity contribution in [2.75, 3.05) is 18.4 Å². The van der Waals surface area contributed by atoms with E-state index in [-0.39, 0.29) is 18.2 Å². The van der Waals surface area contributed by atoms with E-state index in [1.54, 1.807) is 0 Å². The van der Waals surface area contributed by atoms with E-state index in [0.29, 0.717) is 13.1 Å². The highest BCUT2D eigenvalue weighted by molar-refractivity contribution is 5.90. The summed E-state index contributed by atoms with van der Waals surface area (Å²) in [5, 5.41) is 3.04. The Balaban J connectivity index is 1.99. The summed E-state index contributed by atoms with van der Waals surface area (Å²) in [7, 11) is 0. The van der Waals surface area contributed by atoms with Gasteiger partial charge < -0.3 is 15.0 Å². The number of carbonyl (C=O) groups excluding carboxylic acids is 1. The van der Waals surface area contributed by atoms with Crippen molar-refractivity contribution in [3.05, 3.63) is 29.3 Å². The first kappa shape index (κ1) is 16.8. The maximum atomic E-state index is 12.4. The van der Waals surface area contributed by atoms with Gasteiger partial charge in [0.15, 0.2) is 0 Å². The highest BCUT2D eigenvalue weighted by Crippen LogP contribution is 2.19. The first-order chi connectivity index (χ1) is 10.5. The van der Waals surface area contributed by atoms with E-state index >= 15 is 0 Å². The first-order valence-electron chi connectivity index (χ1n) is 8.30. The van der Waals surface area contributed by atoms with Crippen molar-refractivity contribution in [2.45, 2.75) is 59.2 Å². The number of urea groups is 1. The lowest BCUT2D eigenvalue weighted by atomic mass is 10.0. The van der Waals surface area contributed by atoms with Gasteiger partial charge >= 0.3 is 6.03 Å². The number of morpholine rings is 1. The Hall–Kier alpha value is -1.55. The van der Waals surface area contributed by atoms with Gasteiger partial charge in [0.05, 0.1) is 12.2 Å². The van der Waals surface area contributed by atoms with Crippen LogP contribution >= 0.6 is 0 Å². The number of hydrogen-bond donors (Lipinski definition) is 1. The summed E-state index contributed by atoms with van der Waals surface area (Å²) in [5.41, 5.74) is 3.36. The predicted octanol–water partition coefficient (Wildman–Crippen LogP) is 3.98. The molecule has 2 amide bonds. The molecule has 0 spiro atoms. The molecule has 0 radical (unpaired) electrons. The van der Waals surface area contributed by atoms with Gasteiger partial charge in [-0.2, -0.15) is 0 Å². The van der Waals surface area contributed by atoms with Crippen molar-refractivity contribution in [2.24, 2.45) is 0 Å².